The molecular formula is C25H22BrNO5. The van der Waals surface area contributed by atoms with Crippen molar-refractivity contribution in [1.82, 2.24) is 5.32 Å². The van der Waals surface area contributed by atoms with E-state index < -0.39 is 12.1 Å². The highest BCUT2D eigenvalue weighted by Gasteiger charge is 2.19. The Morgan fingerprint density at radius 3 is 2.09 bits per heavy atom. The smallest absolute Gasteiger partial charge is 0.412 e. The second kappa shape index (κ2) is 11.2. The lowest BCUT2D eigenvalue weighted by molar-refractivity contribution is -0.133. The second-order valence-electron chi connectivity index (χ2n) is 6.91. The van der Waals surface area contributed by atoms with Crippen molar-refractivity contribution in [3.63, 3.8) is 0 Å². The Bertz CT molecular complexity index is 1110. The second-order valence-corrected chi connectivity index (χ2v) is 7.82. The Morgan fingerprint density at radius 2 is 1.50 bits per heavy atom. The van der Waals surface area contributed by atoms with E-state index in [9.17, 15) is 14.7 Å². The average Bonchev–Trinajstić information content (AvgIpc) is 2.81. The fraction of sp³-hybridized carbons (Fsp3) is 0.120. The molecule has 0 aliphatic heterocycles. The van der Waals surface area contributed by atoms with Gasteiger partial charge in [-0.2, -0.15) is 0 Å². The summed E-state index contributed by atoms with van der Waals surface area (Å²) in [4.78, 5) is 24.2. The summed E-state index contributed by atoms with van der Waals surface area (Å²) in [5.41, 5.74) is 2.35. The van der Waals surface area contributed by atoms with E-state index in [1.54, 1.807) is 25.1 Å². The minimum Gasteiger partial charge on any atom is -0.488 e. The van der Waals surface area contributed by atoms with Crippen LogP contribution in [0.5, 0.6) is 5.75 Å². The lowest BCUT2D eigenvalue weighted by atomic mass is 10.0. The van der Waals surface area contributed by atoms with E-state index in [2.05, 4.69) is 21.2 Å². The van der Waals surface area contributed by atoms with E-state index in [0.717, 1.165) is 15.6 Å². The fourth-order valence-electron chi connectivity index (χ4n) is 2.96. The number of carboxylic acids is 1. The highest BCUT2D eigenvalue weighted by Crippen LogP contribution is 2.31. The molecule has 3 aromatic rings. The molecule has 0 atom stereocenters. The average molecular weight is 496 g/mol. The van der Waals surface area contributed by atoms with Gasteiger partial charge in [0.15, 0.2) is 0 Å². The normalized spacial score (nSPS) is 11.3. The van der Waals surface area contributed by atoms with Gasteiger partial charge < -0.3 is 14.6 Å². The Balaban J connectivity index is 1.80. The Morgan fingerprint density at radius 1 is 0.906 bits per heavy atom. The van der Waals surface area contributed by atoms with Crippen LogP contribution in [-0.4, -0.2) is 17.2 Å². The Kier molecular flexibility index (Phi) is 8.05. The number of aliphatic carboxylic acids is 1. The summed E-state index contributed by atoms with van der Waals surface area (Å²) in [7, 11) is 0. The molecule has 0 saturated heterocycles. The van der Waals surface area contributed by atoms with Crippen LogP contribution in [0.4, 0.5) is 4.79 Å². The molecule has 3 rings (SSSR count). The zero-order valence-corrected chi connectivity index (χ0v) is 19.0. The Labute approximate surface area is 194 Å². The van der Waals surface area contributed by atoms with Gasteiger partial charge in [-0.25, -0.2) is 9.59 Å². The van der Waals surface area contributed by atoms with Gasteiger partial charge in [-0.05, 0) is 41.8 Å². The largest absolute Gasteiger partial charge is 0.488 e. The molecule has 0 fully saturated rings. The van der Waals surface area contributed by atoms with Crippen LogP contribution in [0.2, 0.25) is 0 Å². The molecular weight excluding hydrogens is 474 g/mol. The molecule has 1 amide bonds. The van der Waals surface area contributed by atoms with Crippen molar-refractivity contribution in [2.75, 3.05) is 0 Å². The lowest BCUT2D eigenvalue weighted by Crippen LogP contribution is -2.28. The quantitative estimate of drug-likeness (QED) is 0.387. The summed E-state index contributed by atoms with van der Waals surface area (Å²) in [6, 6.07) is 24.1. The molecule has 0 saturated carbocycles. The van der Waals surface area contributed by atoms with E-state index in [4.69, 9.17) is 9.47 Å². The van der Waals surface area contributed by atoms with Crippen molar-refractivity contribution in [3.05, 3.63) is 106 Å². The highest BCUT2D eigenvalue weighted by atomic mass is 79.9. The van der Waals surface area contributed by atoms with Gasteiger partial charge in [-0.15, -0.1) is 0 Å². The maximum atomic E-state index is 12.3. The van der Waals surface area contributed by atoms with Crippen molar-refractivity contribution in [3.8, 4) is 5.75 Å². The maximum absolute atomic E-state index is 12.3. The van der Waals surface area contributed by atoms with Crippen LogP contribution in [0.3, 0.4) is 0 Å². The number of ether oxygens (including phenoxy) is 2. The predicted octanol–water partition coefficient (Wildman–Crippen LogP) is 5.77. The zero-order valence-electron chi connectivity index (χ0n) is 17.4. The summed E-state index contributed by atoms with van der Waals surface area (Å²) in [5.74, 6) is -0.791. The summed E-state index contributed by atoms with van der Waals surface area (Å²) < 4.78 is 11.9. The van der Waals surface area contributed by atoms with Crippen molar-refractivity contribution in [2.24, 2.45) is 0 Å². The van der Waals surface area contributed by atoms with Crippen LogP contribution < -0.4 is 10.1 Å². The first-order valence-electron chi connectivity index (χ1n) is 9.82. The zero-order chi connectivity index (χ0) is 22.9. The molecule has 32 heavy (non-hydrogen) atoms. The first-order valence-corrected chi connectivity index (χ1v) is 10.6. The van der Waals surface area contributed by atoms with E-state index in [1.807, 2.05) is 60.7 Å². The molecule has 0 spiro atoms. The summed E-state index contributed by atoms with van der Waals surface area (Å²) >= 11 is 3.41. The molecule has 7 heteroatoms. The molecule has 0 aliphatic carbocycles. The van der Waals surface area contributed by atoms with Crippen LogP contribution in [0, 0.1) is 0 Å². The maximum Gasteiger partial charge on any atom is 0.412 e. The number of nitrogens with one attached hydrogen (secondary N) is 1. The van der Waals surface area contributed by atoms with Crippen LogP contribution in [0.1, 0.15) is 23.6 Å². The number of alkyl carbamates (subject to hydrolysis) is 1. The fourth-order valence-corrected chi connectivity index (χ4v) is 3.32. The monoisotopic (exact) mass is 495 g/mol. The van der Waals surface area contributed by atoms with Crippen molar-refractivity contribution in [2.45, 2.75) is 20.1 Å². The lowest BCUT2D eigenvalue weighted by Gasteiger charge is -2.15. The molecule has 0 unspecified atom stereocenters. The molecule has 6 nitrogen and oxygen atoms in total. The van der Waals surface area contributed by atoms with E-state index in [1.165, 1.54) is 0 Å². The molecule has 0 aromatic heterocycles. The van der Waals surface area contributed by atoms with Gasteiger partial charge in [0, 0.05) is 10.0 Å². The van der Waals surface area contributed by atoms with Crippen molar-refractivity contribution >= 4 is 33.6 Å². The van der Waals surface area contributed by atoms with Crippen LogP contribution in [0.25, 0.3) is 5.57 Å². The number of halogens is 1. The molecule has 0 aliphatic rings. The third-order valence-electron chi connectivity index (χ3n) is 4.61. The summed E-state index contributed by atoms with van der Waals surface area (Å²) in [6.45, 7) is 1.96. The number of rotatable bonds is 8. The van der Waals surface area contributed by atoms with E-state index in [0.29, 0.717) is 23.5 Å². The number of hydrogen-bond donors (Lipinski definition) is 2. The van der Waals surface area contributed by atoms with Crippen LogP contribution in [0.15, 0.2) is 89.0 Å². The molecule has 0 radical (unpaired) electrons. The van der Waals surface area contributed by atoms with Crippen molar-refractivity contribution < 1.29 is 24.2 Å². The number of benzene rings is 3. The minimum absolute atomic E-state index is 0.0287. The SMILES string of the molecule is C/C(=C(\NC(=O)OCc1ccccc1)C(=O)O)c1cc(Br)ccc1OCc1ccccc1. The van der Waals surface area contributed by atoms with Gasteiger partial charge in [0.2, 0.25) is 0 Å². The number of allylic oxidation sites excluding steroid dienone is 1. The number of amides is 1. The van der Waals surface area contributed by atoms with Crippen molar-refractivity contribution in [1.29, 1.82) is 0 Å². The van der Waals surface area contributed by atoms with Gasteiger partial charge in [-0.1, -0.05) is 76.6 Å². The minimum atomic E-state index is -1.28. The number of carbonyl (C=O) groups is 2. The first-order chi connectivity index (χ1) is 15.4. The van der Waals surface area contributed by atoms with Crippen LogP contribution >= 0.6 is 15.9 Å². The predicted molar refractivity (Wildman–Crippen MR) is 125 cm³/mol. The van der Waals surface area contributed by atoms with Gasteiger partial charge in [0.1, 0.15) is 24.7 Å². The van der Waals surface area contributed by atoms with E-state index in [-0.39, 0.29) is 12.3 Å². The molecule has 164 valence electrons. The molecule has 0 bridgehead atoms. The van der Waals surface area contributed by atoms with Crippen LogP contribution in [-0.2, 0) is 22.7 Å². The topological polar surface area (TPSA) is 84.9 Å². The number of hydrogen-bond acceptors (Lipinski definition) is 4. The summed E-state index contributed by atoms with van der Waals surface area (Å²) in [5, 5.41) is 12.1. The van der Waals surface area contributed by atoms with Gasteiger partial charge >= 0.3 is 12.1 Å². The molecule has 0 heterocycles. The highest BCUT2D eigenvalue weighted by molar-refractivity contribution is 9.10. The van der Waals surface area contributed by atoms with E-state index >= 15 is 0 Å². The standard InChI is InChI=1S/C25H22BrNO5/c1-17(23(24(28)29)27-25(30)32-16-19-10-6-3-7-11-19)21-14-20(26)12-13-22(21)31-15-18-8-4-2-5-9-18/h2-14H,15-16H2,1H3,(H,27,30)(H,28,29)/b23-17+. The Hall–Kier alpha value is -3.58. The van der Waals surface area contributed by atoms with Gasteiger partial charge in [-0.3, -0.25) is 5.32 Å². The first kappa shape index (κ1) is 23.1. The number of carbonyl (C=O) groups excluding carboxylic acids is 1. The van der Waals surface area contributed by atoms with Gasteiger partial charge in [0.25, 0.3) is 0 Å². The third kappa shape index (κ3) is 6.46. The molecule has 3 aromatic carbocycles. The summed E-state index contributed by atoms with van der Waals surface area (Å²) in [6.07, 6.45) is -0.854. The third-order valence-corrected chi connectivity index (χ3v) is 5.10. The van der Waals surface area contributed by atoms with Gasteiger partial charge in [0.05, 0.1) is 0 Å². The molecule has 2 N–H and O–H groups in total. The number of carboxylic acid groups (broad SMARTS) is 1.